The minimum Gasteiger partial charge on any atom is -0.494 e. The van der Waals surface area contributed by atoms with E-state index in [9.17, 15) is 18.3 Å². The number of fused-ring (bicyclic) bond motifs is 1. The normalized spacial score (nSPS) is 21.8. The average molecular weight is 533 g/mol. The van der Waals surface area contributed by atoms with E-state index >= 15 is 4.39 Å². The van der Waals surface area contributed by atoms with E-state index in [0.29, 0.717) is 45.3 Å². The molecule has 6 rings (SSSR count). The molecule has 2 saturated carbocycles. The van der Waals surface area contributed by atoms with Crippen LogP contribution in [0.25, 0.3) is 10.8 Å². The third-order valence-corrected chi connectivity index (χ3v) is 7.83. The molecule has 0 bridgehead atoms. The Kier molecular flexibility index (Phi) is 5.62. The summed E-state index contributed by atoms with van der Waals surface area (Å²) in [7, 11) is 0. The highest BCUT2D eigenvalue weighted by molar-refractivity contribution is 7.99. The second kappa shape index (κ2) is 8.64. The van der Waals surface area contributed by atoms with E-state index in [2.05, 4.69) is 20.5 Å². The summed E-state index contributed by atoms with van der Waals surface area (Å²) in [5.41, 5.74) is 0.522. The number of hydrogen-bond donors (Lipinski definition) is 3. The molecule has 0 spiro atoms. The Hall–Kier alpha value is -3.28. The van der Waals surface area contributed by atoms with Crippen LogP contribution in [0.2, 0.25) is 0 Å². The molecule has 0 saturated heterocycles. The zero-order chi connectivity index (χ0) is 25.9. The van der Waals surface area contributed by atoms with E-state index in [0.717, 1.165) is 28.8 Å². The highest BCUT2D eigenvalue weighted by Gasteiger charge is 2.55. The smallest absolute Gasteiger partial charge is 0.406 e. The fourth-order valence-electron chi connectivity index (χ4n) is 5.00. The largest absolute Gasteiger partial charge is 0.494 e. The number of rotatable bonds is 7. The van der Waals surface area contributed by atoms with Gasteiger partial charge in [-0.3, -0.25) is 5.10 Å². The summed E-state index contributed by atoms with van der Waals surface area (Å²) >= 11 is 1.25. The lowest BCUT2D eigenvalue weighted by Gasteiger charge is -2.41. The number of aromatic amines is 1. The van der Waals surface area contributed by atoms with Crippen molar-refractivity contribution in [1.82, 2.24) is 24.7 Å². The van der Waals surface area contributed by atoms with Crippen LogP contribution >= 0.6 is 11.8 Å². The van der Waals surface area contributed by atoms with Crippen molar-refractivity contribution in [1.29, 1.82) is 0 Å². The van der Waals surface area contributed by atoms with Crippen LogP contribution in [0.5, 0.6) is 5.88 Å². The van der Waals surface area contributed by atoms with Crippen molar-refractivity contribution in [3.8, 4) is 5.88 Å². The molecule has 0 radical (unpaired) electrons. The average Bonchev–Trinajstić information content (AvgIpc) is 3.51. The van der Waals surface area contributed by atoms with Gasteiger partial charge < -0.3 is 15.0 Å². The van der Waals surface area contributed by atoms with E-state index in [4.69, 9.17) is 4.98 Å². The van der Waals surface area contributed by atoms with Gasteiger partial charge in [0.1, 0.15) is 18.0 Å². The summed E-state index contributed by atoms with van der Waals surface area (Å²) in [6.45, 7) is 0.606. The first kappa shape index (κ1) is 24.1. The van der Waals surface area contributed by atoms with Gasteiger partial charge in [0.15, 0.2) is 16.9 Å². The minimum atomic E-state index is -4.45. The molecule has 0 aliphatic heterocycles. The number of halogens is 4. The Balaban J connectivity index is 1.28. The number of aryl methyl sites for hydroxylation is 1. The number of anilines is 2. The first-order chi connectivity index (χ1) is 17.5. The van der Waals surface area contributed by atoms with Gasteiger partial charge in [-0.05, 0) is 68.5 Å². The molecule has 7 nitrogen and oxygen atoms in total. The van der Waals surface area contributed by atoms with Crippen LogP contribution in [0.15, 0.2) is 46.6 Å². The van der Waals surface area contributed by atoms with Gasteiger partial charge in [-0.15, -0.1) is 0 Å². The van der Waals surface area contributed by atoms with Crippen LogP contribution < -0.4 is 5.32 Å². The predicted octanol–water partition coefficient (Wildman–Crippen LogP) is 6.62. The first-order valence-electron chi connectivity index (χ1n) is 12.0. The van der Waals surface area contributed by atoms with Crippen molar-refractivity contribution < 1.29 is 22.7 Å². The Morgan fingerprint density at radius 2 is 1.95 bits per heavy atom. The maximum Gasteiger partial charge on any atom is 0.406 e. The third kappa shape index (κ3) is 4.98. The molecule has 4 aromatic rings. The zero-order valence-corrected chi connectivity index (χ0v) is 20.6. The molecule has 12 heteroatoms. The van der Waals surface area contributed by atoms with Crippen LogP contribution in [0.1, 0.15) is 43.0 Å². The Morgan fingerprint density at radius 1 is 1.16 bits per heavy atom. The van der Waals surface area contributed by atoms with Gasteiger partial charge in [-0.25, -0.2) is 14.4 Å². The van der Waals surface area contributed by atoms with Crippen molar-refractivity contribution >= 4 is 34.2 Å². The fraction of sp³-hybridized carbons (Fsp3) is 0.400. The molecule has 0 amide bonds. The van der Waals surface area contributed by atoms with Crippen molar-refractivity contribution in [2.45, 2.75) is 67.0 Å². The molecule has 2 fully saturated rings. The van der Waals surface area contributed by atoms with Gasteiger partial charge in [0.25, 0.3) is 0 Å². The van der Waals surface area contributed by atoms with E-state index < -0.39 is 24.3 Å². The summed E-state index contributed by atoms with van der Waals surface area (Å²) in [6.07, 6.45) is -0.397. The number of nitrogens with zero attached hydrogens (tertiary/aromatic N) is 4. The Bertz CT molecular complexity index is 1470. The number of nitrogens with one attached hydrogen (secondary N) is 2. The van der Waals surface area contributed by atoms with Gasteiger partial charge in [-0.2, -0.15) is 18.3 Å². The van der Waals surface area contributed by atoms with Crippen molar-refractivity contribution in [2.24, 2.45) is 5.92 Å². The number of hydrogen-bond acceptors (Lipinski definition) is 6. The van der Waals surface area contributed by atoms with Gasteiger partial charge in [0.05, 0.1) is 5.69 Å². The van der Waals surface area contributed by atoms with Gasteiger partial charge >= 0.3 is 6.18 Å². The molecule has 2 aliphatic rings. The second-order valence-corrected chi connectivity index (χ2v) is 11.0. The summed E-state index contributed by atoms with van der Waals surface area (Å²) in [4.78, 5) is 10.0. The lowest BCUT2D eigenvalue weighted by atomic mass is 9.68. The number of benzene rings is 1. The molecule has 37 heavy (non-hydrogen) atoms. The van der Waals surface area contributed by atoms with Crippen LogP contribution in [0.3, 0.4) is 0 Å². The van der Waals surface area contributed by atoms with Crippen LogP contribution in [0, 0.1) is 12.8 Å². The molecule has 194 valence electrons. The van der Waals surface area contributed by atoms with E-state index in [1.54, 1.807) is 18.2 Å². The van der Waals surface area contributed by atoms with E-state index in [-0.39, 0.29) is 11.8 Å². The molecule has 3 aromatic heterocycles. The topological polar surface area (TPSA) is 91.7 Å². The molecule has 3 N–H and O–H groups in total. The van der Waals surface area contributed by atoms with Crippen LogP contribution in [-0.4, -0.2) is 41.7 Å². The predicted molar refractivity (Wildman–Crippen MR) is 131 cm³/mol. The minimum absolute atomic E-state index is 0.00903. The summed E-state index contributed by atoms with van der Waals surface area (Å²) in [5.74, 6) is 0.838. The Morgan fingerprint density at radius 3 is 2.62 bits per heavy atom. The SMILES string of the molecule is Cc1cc(Nc2cc(C3CC(F)(C4CC4)C3)nc(Sc3ccc4c(O)n(CC(F)(F)F)cc4c3)n2)n[nH]1. The molecular formula is C25H24F4N6OS. The lowest BCUT2D eigenvalue weighted by molar-refractivity contribution is -0.141. The van der Waals surface area contributed by atoms with Crippen molar-refractivity contribution in [2.75, 3.05) is 5.32 Å². The maximum atomic E-state index is 15.0. The first-order valence-corrected chi connectivity index (χ1v) is 12.8. The summed E-state index contributed by atoms with van der Waals surface area (Å²) < 4.78 is 54.4. The molecule has 1 aromatic carbocycles. The molecule has 2 aliphatic carbocycles. The molecule has 0 atom stereocenters. The summed E-state index contributed by atoms with van der Waals surface area (Å²) in [6, 6.07) is 8.63. The van der Waals surface area contributed by atoms with Gasteiger partial charge in [-0.1, -0.05) is 0 Å². The summed E-state index contributed by atoms with van der Waals surface area (Å²) in [5, 5.41) is 21.7. The monoisotopic (exact) mass is 532 g/mol. The third-order valence-electron chi connectivity index (χ3n) is 6.98. The Labute approximate surface area is 213 Å². The number of alkyl halides is 4. The van der Waals surface area contributed by atoms with Crippen LogP contribution in [0.4, 0.5) is 29.2 Å². The molecule has 3 heterocycles. The highest BCUT2D eigenvalue weighted by Crippen LogP contribution is 2.58. The quantitative estimate of drug-likeness (QED) is 0.183. The zero-order valence-electron chi connectivity index (χ0n) is 19.8. The molecule has 0 unspecified atom stereocenters. The maximum absolute atomic E-state index is 15.0. The van der Waals surface area contributed by atoms with E-state index in [1.807, 2.05) is 19.1 Å². The lowest BCUT2D eigenvalue weighted by Crippen LogP contribution is -2.40. The fourth-order valence-corrected chi connectivity index (χ4v) is 5.82. The van der Waals surface area contributed by atoms with E-state index in [1.165, 1.54) is 18.0 Å². The second-order valence-electron chi connectivity index (χ2n) is 9.98. The van der Waals surface area contributed by atoms with Crippen molar-refractivity contribution in [3.63, 3.8) is 0 Å². The van der Waals surface area contributed by atoms with Gasteiger partial charge in [0, 0.05) is 45.6 Å². The number of aromatic hydroxyl groups is 1. The highest BCUT2D eigenvalue weighted by atomic mass is 32.2. The molecular weight excluding hydrogens is 508 g/mol. The van der Waals surface area contributed by atoms with Crippen LogP contribution in [-0.2, 0) is 6.54 Å². The van der Waals surface area contributed by atoms with Gasteiger partial charge in [0.2, 0.25) is 0 Å². The number of aromatic nitrogens is 5. The standard InChI is InChI=1S/C25H24F4N6OS/c1-13-6-21(34-33-13)31-20-8-19(15-9-24(26,10-15)16-2-3-16)30-23(32-20)37-17-4-5-18-14(7-17)11-35(22(18)36)12-25(27,28)29/h4-8,11,15-16,36H,2-3,9-10,12H2,1H3,(H2,30,31,32,33,34). The van der Waals surface area contributed by atoms with Crippen molar-refractivity contribution in [3.05, 3.63) is 47.9 Å². The number of H-pyrrole nitrogens is 1.